The summed E-state index contributed by atoms with van der Waals surface area (Å²) in [6, 6.07) is 9.11. The average molecular weight is 504 g/mol. The van der Waals surface area contributed by atoms with Gasteiger partial charge in [-0.15, -0.1) is 0 Å². The third kappa shape index (κ3) is 4.15. The van der Waals surface area contributed by atoms with Crippen LogP contribution in [0.15, 0.2) is 30.3 Å². The van der Waals surface area contributed by atoms with Crippen LogP contribution < -0.4 is 5.32 Å². The fourth-order valence-corrected chi connectivity index (χ4v) is 4.99. The highest BCUT2D eigenvalue weighted by atomic mass is 19.1. The number of aromatic nitrogens is 4. The number of halogens is 2. The van der Waals surface area contributed by atoms with Crippen LogP contribution in [0.4, 0.5) is 8.78 Å². The van der Waals surface area contributed by atoms with E-state index in [-0.39, 0.29) is 34.7 Å². The van der Waals surface area contributed by atoms with E-state index in [2.05, 4.69) is 15.4 Å². The molecule has 8 nitrogen and oxygen atoms in total. The second kappa shape index (κ2) is 9.41. The van der Waals surface area contributed by atoms with Gasteiger partial charge in [-0.3, -0.25) is 14.0 Å². The maximum absolute atomic E-state index is 15.6. The van der Waals surface area contributed by atoms with Crippen LogP contribution >= 0.6 is 0 Å². The molecule has 1 fully saturated rings. The highest BCUT2D eigenvalue weighted by Crippen LogP contribution is 2.32. The molecule has 190 valence electrons. The van der Waals surface area contributed by atoms with E-state index < -0.39 is 11.6 Å². The number of nitriles is 1. The number of nitrogens with one attached hydrogen (secondary N) is 1. The van der Waals surface area contributed by atoms with E-state index in [1.807, 2.05) is 20.0 Å². The summed E-state index contributed by atoms with van der Waals surface area (Å²) >= 11 is 0. The molecule has 0 bridgehead atoms. The van der Waals surface area contributed by atoms with E-state index in [1.165, 1.54) is 18.2 Å². The molecule has 3 heterocycles. The van der Waals surface area contributed by atoms with Crippen LogP contribution in [-0.4, -0.2) is 56.3 Å². The zero-order valence-electron chi connectivity index (χ0n) is 21.1. The van der Waals surface area contributed by atoms with Crippen molar-refractivity contribution < 1.29 is 13.6 Å². The van der Waals surface area contributed by atoms with Crippen molar-refractivity contribution in [2.45, 2.75) is 32.7 Å². The molecular formula is C27H27F2N7O. The van der Waals surface area contributed by atoms with E-state index in [9.17, 15) is 9.18 Å². The van der Waals surface area contributed by atoms with Crippen molar-refractivity contribution in [2.75, 3.05) is 20.1 Å². The van der Waals surface area contributed by atoms with E-state index >= 15 is 4.39 Å². The number of benzene rings is 2. The van der Waals surface area contributed by atoms with Gasteiger partial charge in [-0.25, -0.2) is 13.8 Å². The molecular weight excluding hydrogens is 476 g/mol. The topological polar surface area (TPSA) is 91.8 Å². The molecule has 0 saturated carbocycles. The Bertz CT molecular complexity index is 1580. The molecule has 1 N–H and O–H groups in total. The number of carbonyl (C=O) groups is 1. The van der Waals surface area contributed by atoms with Gasteiger partial charge in [0, 0.05) is 48.9 Å². The molecule has 0 unspecified atom stereocenters. The molecule has 0 radical (unpaired) electrons. The van der Waals surface area contributed by atoms with Gasteiger partial charge in [0.15, 0.2) is 0 Å². The Morgan fingerprint density at radius 2 is 1.95 bits per heavy atom. The van der Waals surface area contributed by atoms with Gasteiger partial charge in [0.05, 0.1) is 22.5 Å². The maximum Gasteiger partial charge on any atom is 0.274 e. The predicted octanol–water partition coefficient (Wildman–Crippen LogP) is 4.02. The van der Waals surface area contributed by atoms with Gasteiger partial charge in [-0.05, 0) is 58.0 Å². The third-order valence-electron chi connectivity index (χ3n) is 7.21. The van der Waals surface area contributed by atoms with Crippen molar-refractivity contribution in [1.82, 2.24) is 29.5 Å². The Kier molecular flexibility index (Phi) is 6.25. The zero-order chi connectivity index (χ0) is 26.4. The van der Waals surface area contributed by atoms with Gasteiger partial charge < -0.3 is 10.2 Å². The summed E-state index contributed by atoms with van der Waals surface area (Å²) in [5.41, 5.74) is 2.37. The number of likely N-dealkylation sites (tertiary alicyclic amines) is 1. The quantitative estimate of drug-likeness (QED) is 0.454. The summed E-state index contributed by atoms with van der Waals surface area (Å²) in [6.45, 7) is 4.73. The van der Waals surface area contributed by atoms with Crippen molar-refractivity contribution in [3.05, 3.63) is 64.6 Å². The van der Waals surface area contributed by atoms with Crippen LogP contribution in [0, 0.1) is 36.8 Å². The number of hydrogen-bond acceptors (Lipinski definition) is 5. The van der Waals surface area contributed by atoms with Crippen molar-refractivity contribution in [3.63, 3.8) is 0 Å². The number of likely N-dealkylation sites (N-methyl/N-ethyl adjacent to an activating group) is 1. The van der Waals surface area contributed by atoms with Crippen molar-refractivity contribution in [2.24, 2.45) is 7.05 Å². The molecule has 4 aromatic rings. The standard InChI is InChI=1S/C27H27F2N7O/c1-15-20-11-24(22(29)12-23(20)33-34(15)4)36-16(2)25(27(37)35-9-5-6-19(14-35)31-3)32-26(36)17-7-8-18(13-30)21(28)10-17/h7-8,10-12,19,31H,5-6,9,14H2,1-4H3/t19-/m1/s1. The fourth-order valence-electron chi connectivity index (χ4n) is 4.99. The number of carbonyl (C=O) groups excluding carboxylic acids is 1. The molecule has 2 aromatic carbocycles. The number of imidazole rings is 1. The fraction of sp³-hybridized carbons (Fsp3) is 0.333. The van der Waals surface area contributed by atoms with Crippen LogP contribution in [-0.2, 0) is 7.05 Å². The van der Waals surface area contributed by atoms with Crippen molar-refractivity contribution in [1.29, 1.82) is 5.26 Å². The predicted molar refractivity (Wildman–Crippen MR) is 135 cm³/mol. The molecule has 10 heteroatoms. The number of piperidine rings is 1. The van der Waals surface area contributed by atoms with Gasteiger partial charge in [0.1, 0.15) is 29.2 Å². The second-order valence-electron chi connectivity index (χ2n) is 9.42. The highest BCUT2D eigenvalue weighted by molar-refractivity contribution is 5.95. The summed E-state index contributed by atoms with van der Waals surface area (Å²) in [5, 5.41) is 17.5. The molecule has 37 heavy (non-hydrogen) atoms. The van der Waals surface area contributed by atoms with Crippen molar-refractivity contribution in [3.8, 4) is 23.1 Å². The monoisotopic (exact) mass is 503 g/mol. The normalized spacial score (nSPS) is 15.8. The summed E-state index contributed by atoms with van der Waals surface area (Å²) < 4.78 is 33.4. The van der Waals surface area contributed by atoms with Gasteiger partial charge in [-0.1, -0.05) is 0 Å². The molecule has 1 amide bonds. The number of aryl methyl sites for hydroxylation is 2. The lowest BCUT2D eigenvalue weighted by Gasteiger charge is -2.32. The van der Waals surface area contributed by atoms with E-state index in [0.29, 0.717) is 29.9 Å². The maximum atomic E-state index is 15.6. The summed E-state index contributed by atoms with van der Waals surface area (Å²) in [4.78, 5) is 20.0. The lowest BCUT2D eigenvalue weighted by Crippen LogP contribution is -2.47. The number of nitrogens with zero attached hydrogens (tertiary/aromatic N) is 6. The SMILES string of the molecule is CN[C@@H]1CCCN(C(=O)c2nc(-c3ccc(C#N)c(F)c3)n(-c3cc4c(C)n(C)nc4cc3F)c2C)C1. The smallest absolute Gasteiger partial charge is 0.274 e. The molecule has 1 atom stereocenters. The average Bonchev–Trinajstić information content (AvgIpc) is 3.38. The van der Waals surface area contributed by atoms with E-state index in [1.54, 1.807) is 40.3 Å². The van der Waals surface area contributed by atoms with Gasteiger partial charge in [0.25, 0.3) is 5.91 Å². The lowest BCUT2D eigenvalue weighted by atomic mass is 10.1. The first kappa shape index (κ1) is 24.6. The van der Waals surface area contributed by atoms with Crippen LogP contribution in [0.3, 0.4) is 0 Å². The molecule has 1 aliphatic rings. The number of rotatable bonds is 4. The van der Waals surface area contributed by atoms with Crippen LogP contribution in [0.1, 0.15) is 40.3 Å². The highest BCUT2D eigenvalue weighted by Gasteiger charge is 2.30. The molecule has 1 saturated heterocycles. The molecule has 0 spiro atoms. The minimum absolute atomic E-state index is 0.111. The largest absolute Gasteiger partial charge is 0.336 e. The Morgan fingerprint density at radius 3 is 2.65 bits per heavy atom. The number of fused-ring (bicyclic) bond motifs is 1. The zero-order valence-corrected chi connectivity index (χ0v) is 21.1. The first-order valence-electron chi connectivity index (χ1n) is 12.1. The molecule has 5 rings (SSSR count). The number of hydrogen-bond donors (Lipinski definition) is 1. The Labute approximate surface area is 213 Å². The van der Waals surface area contributed by atoms with Crippen LogP contribution in [0.25, 0.3) is 28.0 Å². The summed E-state index contributed by atoms with van der Waals surface area (Å²) in [5.74, 6) is -1.31. The van der Waals surface area contributed by atoms with E-state index in [4.69, 9.17) is 5.26 Å². The number of amides is 1. The minimum Gasteiger partial charge on any atom is -0.336 e. The lowest BCUT2D eigenvalue weighted by molar-refractivity contribution is 0.0692. The second-order valence-corrected chi connectivity index (χ2v) is 9.42. The molecule has 1 aliphatic heterocycles. The van der Waals surface area contributed by atoms with Crippen molar-refractivity contribution >= 4 is 16.8 Å². The Hall–Kier alpha value is -4.10. The minimum atomic E-state index is -0.716. The summed E-state index contributed by atoms with van der Waals surface area (Å²) in [7, 11) is 3.66. The summed E-state index contributed by atoms with van der Waals surface area (Å²) in [6.07, 6.45) is 1.83. The Balaban J connectivity index is 1.72. The molecule has 0 aliphatic carbocycles. The van der Waals surface area contributed by atoms with E-state index in [0.717, 1.165) is 23.9 Å². The van der Waals surface area contributed by atoms with Gasteiger partial charge in [-0.2, -0.15) is 10.4 Å². The van der Waals surface area contributed by atoms with Gasteiger partial charge >= 0.3 is 0 Å². The first-order valence-corrected chi connectivity index (χ1v) is 12.1. The van der Waals surface area contributed by atoms with Gasteiger partial charge in [0.2, 0.25) is 0 Å². The molecule has 2 aromatic heterocycles. The third-order valence-corrected chi connectivity index (χ3v) is 7.21. The first-order chi connectivity index (χ1) is 17.7. The Morgan fingerprint density at radius 1 is 1.16 bits per heavy atom. The van der Waals surface area contributed by atoms with Crippen LogP contribution in [0.5, 0.6) is 0 Å². The van der Waals surface area contributed by atoms with Crippen LogP contribution in [0.2, 0.25) is 0 Å².